The largest absolute Gasteiger partial charge is 0.494 e. The van der Waals surface area contributed by atoms with Gasteiger partial charge >= 0.3 is 6.18 Å². The summed E-state index contributed by atoms with van der Waals surface area (Å²) in [6.45, 7) is 5.05. The molecule has 2 aromatic carbocycles. The lowest BCUT2D eigenvalue weighted by Gasteiger charge is -2.33. The number of hydrogen-bond acceptors (Lipinski definition) is 5. The number of nitrogens with one attached hydrogen (secondary N) is 2. The van der Waals surface area contributed by atoms with Crippen molar-refractivity contribution >= 4 is 46.0 Å². The van der Waals surface area contributed by atoms with E-state index in [0.29, 0.717) is 50.4 Å². The Hall–Kier alpha value is -2.60. The molecule has 0 spiro atoms. The minimum atomic E-state index is -4.42. The van der Waals surface area contributed by atoms with E-state index in [9.17, 15) is 22.0 Å². The second-order valence-electron chi connectivity index (χ2n) is 9.76. The fraction of sp³-hybridized carbons (Fsp3) is 0.429. The van der Waals surface area contributed by atoms with Crippen LogP contribution in [0.25, 0.3) is 10.1 Å². The van der Waals surface area contributed by atoms with Crippen LogP contribution in [-0.2, 0) is 6.42 Å². The molecule has 11 heteroatoms. The van der Waals surface area contributed by atoms with Crippen molar-refractivity contribution in [3.63, 3.8) is 0 Å². The van der Waals surface area contributed by atoms with E-state index in [4.69, 9.17) is 4.74 Å². The number of likely N-dealkylation sites (tertiary alicyclic amines) is 1. The number of alkyl halides is 4. The molecule has 0 radical (unpaired) electrons. The first-order valence-corrected chi connectivity index (χ1v) is 15.5. The molecule has 3 aromatic rings. The van der Waals surface area contributed by atoms with Crippen LogP contribution in [0, 0.1) is 17.7 Å². The number of benzene rings is 2. The Morgan fingerprint density at radius 1 is 1.21 bits per heavy atom. The fourth-order valence-electron chi connectivity index (χ4n) is 4.64. The molecule has 0 aliphatic carbocycles. The maximum absolute atomic E-state index is 14.7. The summed E-state index contributed by atoms with van der Waals surface area (Å²) in [6, 6.07) is 7.71. The highest BCUT2D eigenvalue weighted by Gasteiger charge is 2.32. The molecule has 1 saturated heterocycles. The van der Waals surface area contributed by atoms with Crippen molar-refractivity contribution in [1.82, 2.24) is 4.90 Å². The van der Waals surface area contributed by atoms with Gasteiger partial charge in [-0.2, -0.15) is 13.2 Å². The van der Waals surface area contributed by atoms with E-state index < -0.39 is 32.7 Å². The SMILES string of the molecule is COc1cc(F)c(P(C)C)cc1NCC#Cc1sc2c(NC3CCN(C)CC3F)cccc2c1CC(F)(F)F. The Morgan fingerprint density at radius 3 is 2.64 bits per heavy atom. The Labute approximate surface area is 230 Å². The highest BCUT2D eigenvalue weighted by Crippen LogP contribution is 2.39. The number of methoxy groups -OCH3 is 1. The van der Waals surface area contributed by atoms with E-state index in [-0.39, 0.29) is 17.9 Å². The number of rotatable bonds is 7. The number of piperidine rings is 1. The highest BCUT2D eigenvalue weighted by molar-refractivity contribution is 7.64. The summed E-state index contributed by atoms with van der Waals surface area (Å²) in [5.74, 6) is 5.81. The number of ether oxygens (including phenoxy) is 1. The second-order valence-corrected chi connectivity index (χ2v) is 13.0. The van der Waals surface area contributed by atoms with Crippen molar-refractivity contribution < 1.29 is 26.7 Å². The number of thiophene rings is 1. The summed E-state index contributed by atoms with van der Waals surface area (Å²) < 4.78 is 75.6. The molecule has 2 heterocycles. The molecule has 4 rings (SSSR count). The van der Waals surface area contributed by atoms with Crippen molar-refractivity contribution in [2.24, 2.45) is 0 Å². The van der Waals surface area contributed by atoms with Gasteiger partial charge in [-0.25, -0.2) is 8.78 Å². The van der Waals surface area contributed by atoms with E-state index in [0.717, 1.165) is 6.54 Å². The van der Waals surface area contributed by atoms with Crippen LogP contribution in [0.4, 0.5) is 33.3 Å². The van der Waals surface area contributed by atoms with Crippen LogP contribution in [0.3, 0.4) is 0 Å². The van der Waals surface area contributed by atoms with E-state index >= 15 is 0 Å². The van der Waals surface area contributed by atoms with Crippen molar-refractivity contribution in [2.75, 3.05) is 57.8 Å². The summed E-state index contributed by atoms with van der Waals surface area (Å²) in [5.41, 5.74) is 1.29. The zero-order chi connectivity index (χ0) is 28.3. The summed E-state index contributed by atoms with van der Waals surface area (Å²) in [5, 5.41) is 7.39. The van der Waals surface area contributed by atoms with Crippen LogP contribution in [-0.4, -0.2) is 70.4 Å². The van der Waals surface area contributed by atoms with Gasteiger partial charge < -0.3 is 20.3 Å². The molecule has 1 aliphatic heterocycles. The van der Waals surface area contributed by atoms with Gasteiger partial charge in [0.25, 0.3) is 0 Å². The quantitative estimate of drug-likeness (QED) is 0.191. The molecule has 4 nitrogen and oxygen atoms in total. The number of nitrogens with zero attached hydrogens (tertiary/aromatic N) is 1. The van der Waals surface area contributed by atoms with Crippen LogP contribution in [0.1, 0.15) is 16.9 Å². The lowest BCUT2D eigenvalue weighted by molar-refractivity contribution is -0.126. The number of hydrogen-bond donors (Lipinski definition) is 2. The van der Waals surface area contributed by atoms with Crippen molar-refractivity contribution in [1.29, 1.82) is 0 Å². The van der Waals surface area contributed by atoms with Crippen LogP contribution in [0.2, 0.25) is 0 Å². The Kier molecular flexibility index (Phi) is 9.25. The smallest absolute Gasteiger partial charge is 0.393 e. The van der Waals surface area contributed by atoms with E-state index in [1.807, 2.05) is 25.3 Å². The molecule has 2 unspecified atom stereocenters. The minimum Gasteiger partial charge on any atom is -0.494 e. The summed E-state index contributed by atoms with van der Waals surface area (Å²) >= 11 is 1.18. The van der Waals surface area contributed by atoms with Crippen LogP contribution in [0.15, 0.2) is 30.3 Å². The molecule has 1 aliphatic rings. The average Bonchev–Trinajstić information content (AvgIpc) is 3.20. The maximum Gasteiger partial charge on any atom is 0.393 e. The van der Waals surface area contributed by atoms with Crippen LogP contribution < -0.4 is 20.7 Å². The van der Waals surface area contributed by atoms with Gasteiger partial charge in [-0.3, -0.25) is 0 Å². The third-order valence-electron chi connectivity index (χ3n) is 6.60. The molecule has 0 amide bonds. The molecular weight excluding hydrogens is 552 g/mol. The summed E-state index contributed by atoms with van der Waals surface area (Å²) in [4.78, 5) is 2.24. The summed E-state index contributed by atoms with van der Waals surface area (Å²) in [6.07, 6.45) is -6.01. The zero-order valence-electron chi connectivity index (χ0n) is 22.2. The van der Waals surface area contributed by atoms with Crippen LogP contribution >= 0.6 is 19.3 Å². The topological polar surface area (TPSA) is 36.5 Å². The van der Waals surface area contributed by atoms with Gasteiger partial charge in [0.1, 0.15) is 17.7 Å². The third kappa shape index (κ3) is 7.13. The van der Waals surface area contributed by atoms with Crippen molar-refractivity contribution in [2.45, 2.75) is 31.2 Å². The first kappa shape index (κ1) is 29.4. The lowest BCUT2D eigenvalue weighted by atomic mass is 10.0. The highest BCUT2D eigenvalue weighted by atomic mass is 32.1. The zero-order valence-corrected chi connectivity index (χ0v) is 23.9. The third-order valence-corrected chi connectivity index (χ3v) is 9.10. The van der Waals surface area contributed by atoms with Gasteiger partial charge in [0.05, 0.1) is 47.1 Å². The normalized spacial score (nSPS) is 18.2. The van der Waals surface area contributed by atoms with Gasteiger partial charge in [0.15, 0.2) is 0 Å². The molecule has 1 fully saturated rings. The van der Waals surface area contributed by atoms with Crippen LogP contribution in [0.5, 0.6) is 5.75 Å². The molecule has 0 bridgehead atoms. The molecule has 210 valence electrons. The van der Waals surface area contributed by atoms with Gasteiger partial charge in [-0.1, -0.05) is 31.9 Å². The Balaban J connectivity index is 1.62. The molecule has 2 atom stereocenters. The molecule has 1 aromatic heterocycles. The van der Waals surface area contributed by atoms with Crippen molar-refractivity contribution in [3.05, 3.63) is 46.6 Å². The van der Waals surface area contributed by atoms with Gasteiger partial charge in [0.2, 0.25) is 0 Å². The first-order chi connectivity index (χ1) is 18.5. The molecule has 2 N–H and O–H groups in total. The summed E-state index contributed by atoms with van der Waals surface area (Å²) in [7, 11) is 2.61. The lowest BCUT2D eigenvalue weighted by Crippen LogP contribution is -2.46. The first-order valence-electron chi connectivity index (χ1n) is 12.4. The maximum atomic E-state index is 14.7. The van der Waals surface area contributed by atoms with Gasteiger partial charge in [-0.05, 0) is 49.9 Å². The van der Waals surface area contributed by atoms with E-state index in [2.05, 4.69) is 22.5 Å². The fourth-order valence-corrected chi connectivity index (χ4v) is 6.69. The Bertz CT molecular complexity index is 1380. The molecule has 0 saturated carbocycles. The van der Waals surface area contributed by atoms with Gasteiger partial charge in [-0.15, -0.1) is 11.3 Å². The number of fused-ring (bicyclic) bond motifs is 1. The Morgan fingerprint density at radius 2 is 1.97 bits per heavy atom. The number of anilines is 2. The molecular formula is C28H31F5N3OPS. The van der Waals surface area contributed by atoms with E-state index in [1.165, 1.54) is 24.5 Å². The number of halogens is 5. The van der Waals surface area contributed by atoms with Crippen molar-refractivity contribution in [3.8, 4) is 17.6 Å². The predicted molar refractivity (Wildman–Crippen MR) is 153 cm³/mol. The second kappa shape index (κ2) is 12.3. The van der Waals surface area contributed by atoms with E-state index in [1.54, 1.807) is 24.3 Å². The average molecular weight is 584 g/mol. The standard InChI is InChI=1S/C28H31F5N3OPS/c1-36-12-10-21(20(30)16-36)35-22-8-5-7-17-18(15-28(31,32)33)26(39-27(17)22)9-6-11-34-23-14-25(38(3)4)19(29)13-24(23)37-2/h5,7-8,13-14,20-21,34-35H,10-12,15-16H2,1-4H3. The predicted octanol–water partition coefficient (Wildman–Crippen LogP) is 6.44. The monoisotopic (exact) mass is 583 g/mol. The minimum absolute atomic E-state index is 0.114. The van der Waals surface area contributed by atoms with Gasteiger partial charge in [0, 0.05) is 24.5 Å². The molecule has 39 heavy (non-hydrogen) atoms.